The van der Waals surface area contributed by atoms with Crippen molar-refractivity contribution < 1.29 is 5.11 Å². The molecular formula is C14H23N3O. The van der Waals surface area contributed by atoms with Gasteiger partial charge >= 0.3 is 0 Å². The fraction of sp³-hybridized carbons (Fsp3) is 0.643. The molecule has 18 heavy (non-hydrogen) atoms. The second-order valence-electron chi connectivity index (χ2n) is 5.40. The number of aliphatic hydroxyl groups is 1. The van der Waals surface area contributed by atoms with Crippen molar-refractivity contribution in [2.45, 2.75) is 32.4 Å². The standard InChI is InChI=1S/C14H23N3O/c1-11-6-7-14(13(15-11)10-16(2)3)17-8-4-5-12(18)9-17/h6-7,12,18H,4-5,8-10H2,1-3H3. The number of β-amino-alcohol motifs (C(OH)–C–C–N with tert-alkyl or cyclic N) is 1. The van der Waals surface area contributed by atoms with Crippen LogP contribution in [0.3, 0.4) is 0 Å². The third kappa shape index (κ3) is 3.21. The van der Waals surface area contributed by atoms with E-state index < -0.39 is 0 Å². The molecule has 0 spiro atoms. The molecular weight excluding hydrogens is 226 g/mol. The van der Waals surface area contributed by atoms with Gasteiger partial charge in [0.2, 0.25) is 0 Å². The molecule has 1 unspecified atom stereocenters. The van der Waals surface area contributed by atoms with Gasteiger partial charge in [-0.05, 0) is 46.0 Å². The third-order valence-corrected chi connectivity index (χ3v) is 3.29. The summed E-state index contributed by atoms with van der Waals surface area (Å²) in [5.41, 5.74) is 3.33. The van der Waals surface area contributed by atoms with E-state index in [4.69, 9.17) is 0 Å². The number of rotatable bonds is 3. The van der Waals surface area contributed by atoms with Crippen LogP contribution in [-0.2, 0) is 6.54 Å². The molecule has 1 aromatic heterocycles. The van der Waals surface area contributed by atoms with Crippen LogP contribution >= 0.6 is 0 Å². The SMILES string of the molecule is Cc1ccc(N2CCCC(O)C2)c(CN(C)C)n1. The van der Waals surface area contributed by atoms with Crippen LogP contribution in [-0.4, -0.2) is 48.3 Å². The number of piperidine rings is 1. The molecule has 2 heterocycles. The van der Waals surface area contributed by atoms with E-state index >= 15 is 0 Å². The molecule has 1 aromatic rings. The minimum absolute atomic E-state index is 0.202. The lowest BCUT2D eigenvalue weighted by Gasteiger charge is -2.33. The maximum Gasteiger partial charge on any atom is 0.0779 e. The van der Waals surface area contributed by atoms with Crippen molar-refractivity contribution in [1.29, 1.82) is 0 Å². The molecule has 2 rings (SSSR count). The second kappa shape index (κ2) is 5.67. The molecule has 100 valence electrons. The van der Waals surface area contributed by atoms with Gasteiger partial charge in [-0.1, -0.05) is 0 Å². The fourth-order valence-electron chi connectivity index (χ4n) is 2.48. The van der Waals surface area contributed by atoms with Crippen LogP contribution < -0.4 is 4.90 Å². The van der Waals surface area contributed by atoms with Crippen LogP contribution in [0.25, 0.3) is 0 Å². The molecule has 4 nitrogen and oxygen atoms in total. The van der Waals surface area contributed by atoms with Crippen molar-refractivity contribution in [2.75, 3.05) is 32.1 Å². The summed E-state index contributed by atoms with van der Waals surface area (Å²) >= 11 is 0. The highest BCUT2D eigenvalue weighted by molar-refractivity contribution is 5.51. The van der Waals surface area contributed by atoms with Crippen molar-refractivity contribution >= 4 is 5.69 Å². The topological polar surface area (TPSA) is 39.6 Å². The summed E-state index contributed by atoms with van der Waals surface area (Å²) in [6, 6.07) is 4.19. The average molecular weight is 249 g/mol. The molecule has 0 amide bonds. The second-order valence-corrected chi connectivity index (χ2v) is 5.40. The number of aromatic nitrogens is 1. The molecule has 1 fully saturated rings. The lowest BCUT2D eigenvalue weighted by atomic mass is 10.1. The predicted octanol–water partition coefficient (Wildman–Crippen LogP) is 1.41. The first-order valence-corrected chi connectivity index (χ1v) is 6.60. The minimum atomic E-state index is -0.202. The maximum atomic E-state index is 9.80. The summed E-state index contributed by atoms with van der Waals surface area (Å²) in [5, 5.41) is 9.80. The number of pyridine rings is 1. The Hall–Kier alpha value is -1.13. The van der Waals surface area contributed by atoms with Gasteiger partial charge in [0.05, 0.1) is 17.5 Å². The Kier molecular flexibility index (Phi) is 4.19. The Morgan fingerprint density at radius 3 is 2.89 bits per heavy atom. The smallest absolute Gasteiger partial charge is 0.0779 e. The number of hydrogen-bond acceptors (Lipinski definition) is 4. The predicted molar refractivity (Wildman–Crippen MR) is 73.8 cm³/mol. The molecule has 0 radical (unpaired) electrons. The molecule has 1 N–H and O–H groups in total. The molecule has 0 saturated carbocycles. The molecule has 1 aliphatic heterocycles. The van der Waals surface area contributed by atoms with E-state index in [1.807, 2.05) is 6.92 Å². The van der Waals surface area contributed by atoms with Gasteiger partial charge in [0.1, 0.15) is 0 Å². The first-order chi connectivity index (χ1) is 8.56. The highest BCUT2D eigenvalue weighted by Crippen LogP contribution is 2.24. The van der Waals surface area contributed by atoms with Gasteiger partial charge < -0.3 is 14.9 Å². The first kappa shape index (κ1) is 13.3. The van der Waals surface area contributed by atoms with Gasteiger partial charge in [0, 0.05) is 25.3 Å². The Balaban J connectivity index is 2.25. The van der Waals surface area contributed by atoms with Crippen LogP contribution in [0.2, 0.25) is 0 Å². The highest BCUT2D eigenvalue weighted by atomic mass is 16.3. The number of anilines is 1. The van der Waals surface area contributed by atoms with Gasteiger partial charge in [0.25, 0.3) is 0 Å². The van der Waals surface area contributed by atoms with Crippen LogP contribution in [0.4, 0.5) is 5.69 Å². The quantitative estimate of drug-likeness (QED) is 0.879. The van der Waals surface area contributed by atoms with E-state index in [0.717, 1.165) is 43.9 Å². The monoisotopic (exact) mass is 249 g/mol. The van der Waals surface area contributed by atoms with Gasteiger partial charge in [-0.15, -0.1) is 0 Å². The van der Waals surface area contributed by atoms with Crippen molar-refractivity contribution in [2.24, 2.45) is 0 Å². The number of hydrogen-bond donors (Lipinski definition) is 1. The lowest BCUT2D eigenvalue weighted by molar-refractivity contribution is 0.154. The van der Waals surface area contributed by atoms with E-state index in [-0.39, 0.29) is 6.10 Å². The number of nitrogens with zero attached hydrogens (tertiary/aromatic N) is 3. The molecule has 0 bridgehead atoms. The largest absolute Gasteiger partial charge is 0.391 e. The van der Waals surface area contributed by atoms with Crippen LogP contribution in [0.15, 0.2) is 12.1 Å². The number of aryl methyl sites for hydroxylation is 1. The zero-order valence-electron chi connectivity index (χ0n) is 11.6. The summed E-state index contributed by atoms with van der Waals surface area (Å²) in [6.07, 6.45) is 1.77. The van der Waals surface area contributed by atoms with Crippen molar-refractivity contribution in [3.8, 4) is 0 Å². The van der Waals surface area contributed by atoms with E-state index in [0.29, 0.717) is 0 Å². The van der Waals surface area contributed by atoms with Crippen LogP contribution in [0.1, 0.15) is 24.2 Å². The van der Waals surface area contributed by atoms with E-state index in [1.165, 1.54) is 5.69 Å². The van der Waals surface area contributed by atoms with Crippen LogP contribution in [0, 0.1) is 6.92 Å². The summed E-state index contributed by atoms with van der Waals surface area (Å²) in [6.45, 7) is 4.60. The summed E-state index contributed by atoms with van der Waals surface area (Å²) in [4.78, 5) is 9.04. The van der Waals surface area contributed by atoms with Crippen LogP contribution in [0.5, 0.6) is 0 Å². The third-order valence-electron chi connectivity index (χ3n) is 3.29. The molecule has 1 aliphatic rings. The zero-order chi connectivity index (χ0) is 13.1. The highest BCUT2D eigenvalue weighted by Gasteiger charge is 2.20. The Labute approximate surface area is 109 Å². The van der Waals surface area contributed by atoms with Gasteiger partial charge in [0.15, 0.2) is 0 Å². The van der Waals surface area contributed by atoms with Gasteiger partial charge in [-0.25, -0.2) is 0 Å². The maximum absolute atomic E-state index is 9.80. The molecule has 1 atom stereocenters. The lowest BCUT2D eigenvalue weighted by Crippen LogP contribution is -2.39. The van der Waals surface area contributed by atoms with E-state index in [1.54, 1.807) is 0 Å². The fourth-order valence-corrected chi connectivity index (χ4v) is 2.48. The van der Waals surface area contributed by atoms with Crippen molar-refractivity contribution in [3.63, 3.8) is 0 Å². The normalized spacial score (nSPS) is 20.5. The van der Waals surface area contributed by atoms with E-state index in [9.17, 15) is 5.11 Å². The number of aliphatic hydroxyl groups excluding tert-OH is 1. The van der Waals surface area contributed by atoms with Crippen molar-refractivity contribution in [1.82, 2.24) is 9.88 Å². The van der Waals surface area contributed by atoms with Gasteiger partial charge in [-0.3, -0.25) is 4.98 Å². The summed E-state index contributed by atoms with van der Waals surface area (Å²) < 4.78 is 0. The summed E-state index contributed by atoms with van der Waals surface area (Å²) in [7, 11) is 4.11. The Morgan fingerprint density at radius 2 is 2.22 bits per heavy atom. The Bertz CT molecular complexity index is 406. The average Bonchev–Trinajstić information content (AvgIpc) is 2.28. The first-order valence-electron chi connectivity index (χ1n) is 6.60. The Morgan fingerprint density at radius 1 is 1.44 bits per heavy atom. The molecule has 1 saturated heterocycles. The van der Waals surface area contributed by atoms with E-state index in [2.05, 4.69) is 41.0 Å². The summed E-state index contributed by atoms with van der Waals surface area (Å²) in [5.74, 6) is 0. The molecule has 4 heteroatoms. The molecule has 0 aliphatic carbocycles. The van der Waals surface area contributed by atoms with Gasteiger partial charge in [-0.2, -0.15) is 0 Å². The molecule has 0 aromatic carbocycles. The van der Waals surface area contributed by atoms with Crippen molar-refractivity contribution in [3.05, 3.63) is 23.5 Å². The zero-order valence-corrected chi connectivity index (χ0v) is 11.6. The minimum Gasteiger partial charge on any atom is -0.391 e.